The Kier molecular flexibility index (Phi) is 2.33. The van der Waals surface area contributed by atoms with E-state index in [9.17, 15) is 0 Å². The maximum atomic E-state index is 5.74. The average molecular weight is 176 g/mol. The molecule has 0 fully saturated rings. The van der Waals surface area contributed by atoms with Gasteiger partial charge in [-0.1, -0.05) is 30.8 Å². The molecule has 1 rings (SSSR count). The molecule has 0 unspecified atom stereocenters. The molecule has 0 spiro atoms. The predicted octanol–water partition coefficient (Wildman–Crippen LogP) is 2.36. The van der Waals surface area contributed by atoms with Crippen LogP contribution in [0.4, 0.5) is 0 Å². The predicted molar refractivity (Wildman–Crippen MR) is 46.4 cm³/mol. The van der Waals surface area contributed by atoms with Crippen LogP contribution in [0.1, 0.15) is 0 Å². The molecule has 0 N–H and O–H groups in total. The Bertz CT molecular complexity index is 195. The Morgan fingerprint density at radius 2 is 2.11 bits per heavy atom. The Morgan fingerprint density at radius 3 is 2.33 bits per heavy atom. The molecular formula is C6H8ClSSi. The van der Waals surface area contributed by atoms with Crippen molar-refractivity contribution in [2.75, 3.05) is 0 Å². The quantitative estimate of drug-likeness (QED) is 0.575. The third-order valence-electron chi connectivity index (χ3n) is 1.07. The van der Waals surface area contributed by atoms with Gasteiger partial charge in [0.1, 0.15) is 0 Å². The molecule has 49 valence electrons. The molecule has 1 heterocycles. The van der Waals surface area contributed by atoms with E-state index in [-0.39, 0.29) is 8.80 Å². The van der Waals surface area contributed by atoms with E-state index >= 15 is 0 Å². The van der Waals surface area contributed by atoms with Crippen LogP contribution in [0.3, 0.4) is 0 Å². The average Bonchev–Trinajstić information content (AvgIpc) is 2.14. The minimum atomic E-state index is -0.257. The molecular weight excluding hydrogens is 168 g/mol. The number of hydrogen-bond acceptors (Lipinski definition) is 1. The van der Waals surface area contributed by atoms with E-state index in [1.807, 2.05) is 6.07 Å². The third kappa shape index (κ3) is 1.81. The van der Waals surface area contributed by atoms with Gasteiger partial charge in [-0.3, -0.25) is 0 Å². The fourth-order valence-corrected chi connectivity index (χ4v) is 3.13. The summed E-state index contributed by atoms with van der Waals surface area (Å²) in [6.45, 7) is 4.54. The highest BCUT2D eigenvalue weighted by atomic mass is 35.5. The van der Waals surface area contributed by atoms with Crippen LogP contribution in [0.25, 0.3) is 0 Å². The van der Waals surface area contributed by atoms with E-state index in [0.29, 0.717) is 0 Å². The van der Waals surface area contributed by atoms with Gasteiger partial charge >= 0.3 is 0 Å². The van der Waals surface area contributed by atoms with Crippen LogP contribution in [0, 0.1) is 0 Å². The molecule has 0 aliphatic heterocycles. The van der Waals surface area contributed by atoms with E-state index in [1.165, 1.54) is 4.50 Å². The zero-order chi connectivity index (χ0) is 6.85. The Hall–Kier alpha value is 0.207. The lowest BCUT2D eigenvalue weighted by molar-refractivity contribution is 1.97. The van der Waals surface area contributed by atoms with Gasteiger partial charge in [-0.2, -0.15) is 0 Å². The van der Waals surface area contributed by atoms with Gasteiger partial charge in [0, 0.05) is 0 Å². The van der Waals surface area contributed by atoms with Crippen LogP contribution in [-0.2, 0) is 0 Å². The number of rotatable bonds is 1. The van der Waals surface area contributed by atoms with Crippen molar-refractivity contribution in [3.05, 3.63) is 16.5 Å². The number of halogens is 1. The van der Waals surface area contributed by atoms with Crippen LogP contribution >= 0.6 is 22.9 Å². The highest BCUT2D eigenvalue weighted by molar-refractivity contribution is 7.26. The lowest BCUT2D eigenvalue weighted by atomic mass is 10.7. The van der Waals surface area contributed by atoms with Crippen LogP contribution in [0.5, 0.6) is 0 Å². The van der Waals surface area contributed by atoms with E-state index in [2.05, 4.69) is 19.2 Å². The Labute approximate surface area is 66.1 Å². The van der Waals surface area contributed by atoms with Crippen LogP contribution in [0.2, 0.25) is 17.4 Å². The first-order chi connectivity index (χ1) is 4.20. The van der Waals surface area contributed by atoms with Crippen molar-refractivity contribution >= 4 is 36.2 Å². The molecule has 1 aromatic heterocycles. The van der Waals surface area contributed by atoms with Gasteiger partial charge in [0.2, 0.25) is 0 Å². The lowest BCUT2D eigenvalue weighted by Gasteiger charge is -1.93. The summed E-state index contributed by atoms with van der Waals surface area (Å²) in [6.07, 6.45) is 0. The second kappa shape index (κ2) is 2.86. The Balaban J connectivity index is 2.85. The van der Waals surface area contributed by atoms with Gasteiger partial charge in [-0.25, -0.2) is 0 Å². The van der Waals surface area contributed by atoms with Gasteiger partial charge in [0.15, 0.2) is 0 Å². The molecule has 0 saturated carbocycles. The van der Waals surface area contributed by atoms with Gasteiger partial charge in [-0.05, 0) is 10.6 Å². The van der Waals surface area contributed by atoms with E-state index in [4.69, 9.17) is 11.6 Å². The lowest BCUT2D eigenvalue weighted by Crippen LogP contribution is -2.17. The van der Waals surface area contributed by atoms with E-state index < -0.39 is 0 Å². The summed E-state index contributed by atoms with van der Waals surface area (Å²) >= 11 is 7.45. The standard InChI is InChI=1S/C6H8ClSSi/c1-9(2)6-4-3-5(7)8-6/h3-4H,1-2H3. The highest BCUT2D eigenvalue weighted by Gasteiger charge is 2.02. The van der Waals surface area contributed by atoms with Crippen molar-refractivity contribution in [3.8, 4) is 0 Å². The van der Waals surface area contributed by atoms with Crippen molar-refractivity contribution in [3.63, 3.8) is 0 Å². The number of hydrogen-bond donors (Lipinski definition) is 0. The summed E-state index contributed by atoms with van der Waals surface area (Å²) in [5.74, 6) is 0. The molecule has 0 amide bonds. The first-order valence-electron chi connectivity index (χ1n) is 2.76. The SMILES string of the molecule is C[Si](C)c1ccc(Cl)s1. The molecule has 0 atom stereocenters. The van der Waals surface area contributed by atoms with Crippen LogP contribution in [-0.4, -0.2) is 8.80 Å². The molecule has 0 saturated heterocycles. The molecule has 0 nitrogen and oxygen atoms in total. The maximum Gasteiger partial charge on any atom is 0.0928 e. The van der Waals surface area contributed by atoms with Gasteiger partial charge < -0.3 is 0 Å². The maximum absolute atomic E-state index is 5.74. The van der Waals surface area contributed by atoms with Crippen molar-refractivity contribution in [1.82, 2.24) is 0 Å². The summed E-state index contributed by atoms with van der Waals surface area (Å²) in [7, 11) is -0.257. The summed E-state index contributed by atoms with van der Waals surface area (Å²) in [6, 6.07) is 4.10. The topological polar surface area (TPSA) is 0 Å². The second-order valence-electron chi connectivity index (χ2n) is 2.10. The first kappa shape index (κ1) is 7.32. The molecule has 0 aliphatic rings. The molecule has 1 radical (unpaired) electrons. The second-order valence-corrected chi connectivity index (χ2v) is 6.72. The van der Waals surface area contributed by atoms with Crippen molar-refractivity contribution in [1.29, 1.82) is 0 Å². The van der Waals surface area contributed by atoms with Crippen molar-refractivity contribution in [2.45, 2.75) is 13.1 Å². The molecule has 0 aliphatic carbocycles. The Morgan fingerprint density at radius 1 is 1.44 bits per heavy atom. The fourth-order valence-electron chi connectivity index (χ4n) is 0.583. The smallest absolute Gasteiger partial charge is 0.0928 e. The largest absolute Gasteiger partial charge is 0.133 e. The summed E-state index contributed by atoms with van der Waals surface area (Å²) in [5.41, 5.74) is 0. The minimum Gasteiger partial charge on any atom is -0.133 e. The molecule has 1 aromatic rings. The van der Waals surface area contributed by atoms with E-state index in [1.54, 1.807) is 11.3 Å². The van der Waals surface area contributed by atoms with Crippen LogP contribution in [0.15, 0.2) is 12.1 Å². The summed E-state index contributed by atoms with van der Waals surface area (Å²) < 4.78 is 2.38. The zero-order valence-corrected chi connectivity index (χ0v) is 8.01. The van der Waals surface area contributed by atoms with Crippen molar-refractivity contribution < 1.29 is 0 Å². The van der Waals surface area contributed by atoms with Gasteiger partial charge in [0.05, 0.1) is 13.1 Å². The molecule has 0 bridgehead atoms. The first-order valence-corrected chi connectivity index (χ1v) is 6.45. The van der Waals surface area contributed by atoms with Crippen LogP contribution < -0.4 is 4.50 Å². The normalized spacial score (nSPS) is 10.7. The van der Waals surface area contributed by atoms with Crippen molar-refractivity contribution in [2.24, 2.45) is 0 Å². The van der Waals surface area contributed by atoms with E-state index in [0.717, 1.165) is 4.34 Å². The minimum absolute atomic E-state index is 0.257. The van der Waals surface area contributed by atoms with Gasteiger partial charge in [0.25, 0.3) is 0 Å². The number of thiophene rings is 1. The summed E-state index contributed by atoms with van der Waals surface area (Å²) in [4.78, 5) is 0. The van der Waals surface area contributed by atoms with Gasteiger partial charge in [-0.15, -0.1) is 11.3 Å². The molecule has 9 heavy (non-hydrogen) atoms. The summed E-state index contributed by atoms with van der Waals surface area (Å²) in [5, 5.41) is 0. The molecule has 3 heteroatoms. The third-order valence-corrected chi connectivity index (χ3v) is 4.79. The highest BCUT2D eigenvalue weighted by Crippen LogP contribution is 2.13. The fraction of sp³-hybridized carbons (Fsp3) is 0.333. The zero-order valence-electron chi connectivity index (χ0n) is 5.44. The molecule has 0 aromatic carbocycles. The monoisotopic (exact) mass is 175 g/mol.